The van der Waals surface area contributed by atoms with E-state index in [0.717, 1.165) is 13.0 Å². The van der Waals surface area contributed by atoms with E-state index in [2.05, 4.69) is 6.92 Å². The third kappa shape index (κ3) is 4.73. The van der Waals surface area contributed by atoms with Gasteiger partial charge in [0.2, 0.25) is 0 Å². The van der Waals surface area contributed by atoms with Crippen molar-refractivity contribution in [3.8, 4) is 0 Å². The monoisotopic (exact) mass is 146 g/mol. The molecule has 0 unspecified atom stereocenters. The first-order valence-electron chi connectivity index (χ1n) is 3.58. The molecule has 3 nitrogen and oxygen atoms in total. The van der Waals surface area contributed by atoms with Crippen molar-refractivity contribution in [1.29, 1.82) is 0 Å². The molecule has 10 heavy (non-hydrogen) atoms. The molecule has 1 radical (unpaired) electrons. The average molecular weight is 146 g/mol. The van der Waals surface area contributed by atoms with Crippen molar-refractivity contribution in [3.63, 3.8) is 0 Å². The molecule has 2 N–H and O–H groups in total. The third-order valence-corrected chi connectivity index (χ3v) is 1.31. The van der Waals surface area contributed by atoms with Crippen molar-refractivity contribution in [1.82, 2.24) is 4.90 Å². The van der Waals surface area contributed by atoms with Crippen LogP contribution in [0.25, 0.3) is 0 Å². The Morgan fingerprint density at radius 2 is 1.50 bits per heavy atom. The molecule has 0 aliphatic carbocycles. The van der Waals surface area contributed by atoms with Gasteiger partial charge in [-0.3, -0.25) is 4.90 Å². The number of hydrogen-bond donors (Lipinski definition) is 2. The summed E-state index contributed by atoms with van der Waals surface area (Å²) in [4.78, 5) is 1.98. The maximum Gasteiger partial charge on any atom is 0.0558 e. The Labute approximate surface area is 62.3 Å². The van der Waals surface area contributed by atoms with Crippen molar-refractivity contribution in [2.24, 2.45) is 0 Å². The predicted octanol–water partition coefficient (Wildman–Crippen LogP) is -0.503. The molecule has 0 bridgehead atoms. The van der Waals surface area contributed by atoms with Crippen LogP contribution in [0.2, 0.25) is 0 Å². The molecule has 0 aromatic carbocycles. The van der Waals surface area contributed by atoms with Gasteiger partial charge in [-0.1, -0.05) is 6.92 Å². The van der Waals surface area contributed by atoms with E-state index in [-0.39, 0.29) is 13.2 Å². The summed E-state index contributed by atoms with van der Waals surface area (Å²) in [6, 6.07) is 0. The highest BCUT2D eigenvalue weighted by Crippen LogP contribution is 1.88. The van der Waals surface area contributed by atoms with Crippen LogP contribution in [-0.2, 0) is 0 Å². The molecule has 3 heteroatoms. The summed E-state index contributed by atoms with van der Waals surface area (Å²) in [5.74, 6) is 0. The fourth-order valence-corrected chi connectivity index (χ4v) is 0.842. The lowest BCUT2D eigenvalue weighted by molar-refractivity contribution is 0.163. The van der Waals surface area contributed by atoms with Crippen LogP contribution in [0.1, 0.15) is 6.42 Å². The van der Waals surface area contributed by atoms with Crippen LogP contribution in [0, 0.1) is 6.92 Å². The fraction of sp³-hybridized carbons (Fsp3) is 0.857. The number of hydrogen-bond acceptors (Lipinski definition) is 3. The van der Waals surface area contributed by atoms with Crippen LogP contribution in [0.4, 0.5) is 0 Å². The molecule has 0 heterocycles. The normalized spacial score (nSPS) is 10.8. The van der Waals surface area contributed by atoms with Crippen LogP contribution in [0.5, 0.6) is 0 Å². The van der Waals surface area contributed by atoms with E-state index in [1.54, 1.807) is 0 Å². The zero-order valence-corrected chi connectivity index (χ0v) is 6.29. The molecule has 0 spiro atoms. The quantitative estimate of drug-likeness (QED) is 0.531. The lowest BCUT2D eigenvalue weighted by Crippen LogP contribution is -2.30. The molecule has 0 fully saturated rings. The molecular formula is C7H16NO2. The number of rotatable bonds is 6. The lowest BCUT2D eigenvalue weighted by atomic mass is 10.4. The van der Waals surface area contributed by atoms with E-state index in [1.165, 1.54) is 0 Å². The Kier molecular flexibility index (Phi) is 6.91. The van der Waals surface area contributed by atoms with Gasteiger partial charge in [0.15, 0.2) is 0 Å². The maximum absolute atomic E-state index is 8.55. The zero-order chi connectivity index (χ0) is 7.82. The first-order chi connectivity index (χ1) is 4.85. The third-order valence-electron chi connectivity index (χ3n) is 1.31. The van der Waals surface area contributed by atoms with Crippen molar-refractivity contribution < 1.29 is 10.2 Å². The fourth-order valence-electron chi connectivity index (χ4n) is 0.842. The Morgan fingerprint density at radius 1 is 1.00 bits per heavy atom. The van der Waals surface area contributed by atoms with Gasteiger partial charge >= 0.3 is 0 Å². The smallest absolute Gasteiger partial charge is 0.0558 e. The van der Waals surface area contributed by atoms with Crippen LogP contribution in [-0.4, -0.2) is 48.0 Å². The van der Waals surface area contributed by atoms with Gasteiger partial charge in [-0.15, -0.1) is 0 Å². The van der Waals surface area contributed by atoms with Crippen molar-refractivity contribution in [2.75, 3.05) is 32.8 Å². The van der Waals surface area contributed by atoms with E-state index < -0.39 is 0 Å². The van der Waals surface area contributed by atoms with Gasteiger partial charge in [0, 0.05) is 13.1 Å². The van der Waals surface area contributed by atoms with Crippen LogP contribution < -0.4 is 0 Å². The second-order valence-electron chi connectivity index (χ2n) is 2.14. The molecule has 0 amide bonds. The first kappa shape index (κ1) is 9.88. The van der Waals surface area contributed by atoms with Crippen LogP contribution in [0.3, 0.4) is 0 Å². The molecule has 0 atom stereocenters. The van der Waals surface area contributed by atoms with Crippen molar-refractivity contribution in [3.05, 3.63) is 6.92 Å². The summed E-state index contributed by atoms with van der Waals surface area (Å²) >= 11 is 0. The van der Waals surface area contributed by atoms with E-state index in [0.29, 0.717) is 13.1 Å². The van der Waals surface area contributed by atoms with Gasteiger partial charge in [0.1, 0.15) is 0 Å². The summed E-state index contributed by atoms with van der Waals surface area (Å²) in [5.41, 5.74) is 0. The Hall–Kier alpha value is -0.120. The second-order valence-corrected chi connectivity index (χ2v) is 2.14. The minimum atomic E-state index is 0.153. The largest absolute Gasteiger partial charge is 0.395 e. The van der Waals surface area contributed by atoms with Gasteiger partial charge in [0.05, 0.1) is 13.2 Å². The Balaban J connectivity index is 3.30. The summed E-state index contributed by atoms with van der Waals surface area (Å²) in [6.45, 7) is 6.11. The van der Waals surface area contributed by atoms with Crippen LogP contribution in [0.15, 0.2) is 0 Å². The SMILES string of the molecule is [CH2]CCN(CCO)CCO. The van der Waals surface area contributed by atoms with Gasteiger partial charge < -0.3 is 10.2 Å². The standard InChI is InChI=1S/C7H16NO2/c1-2-3-8(4-6-9)5-7-10/h9-10H,1-7H2. The van der Waals surface area contributed by atoms with E-state index in [4.69, 9.17) is 10.2 Å². The predicted molar refractivity (Wildman–Crippen MR) is 40.6 cm³/mol. The molecule has 0 aliphatic heterocycles. The van der Waals surface area contributed by atoms with Crippen LogP contribution >= 0.6 is 0 Å². The molecule has 0 rings (SSSR count). The highest BCUT2D eigenvalue weighted by atomic mass is 16.3. The van der Waals surface area contributed by atoms with Gasteiger partial charge in [-0.25, -0.2) is 0 Å². The number of aliphatic hydroxyl groups is 2. The maximum atomic E-state index is 8.55. The molecule has 0 aromatic heterocycles. The van der Waals surface area contributed by atoms with E-state index in [1.807, 2.05) is 4.90 Å². The van der Waals surface area contributed by atoms with Gasteiger partial charge in [0.25, 0.3) is 0 Å². The molecule has 0 aromatic rings. The number of nitrogens with zero attached hydrogens (tertiary/aromatic N) is 1. The van der Waals surface area contributed by atoms with Gasteiger partial charge in [-0.2, -0.15) is 0 Å². The summed E-state index contributed by atoms with van der Waals surface area (Å²) < 4.78 is 0. The molecule has 0 aliphatic rings. The Bertz CT molecular complexity index is 54.4. The van der Waals surface area contributed by atoms with Gasteiger partial charge in [-0.05, 0) is 13.0 Å². The second kappa shape index (κ2) is 6.99. The van der Waals surface area contributed by atoms with E-state index >= 15 is 0 Å². The molecule has 61 valence electrons. The topological polar surface area (TPSA) is 43.7 Å². The molecular weight excluding hydrogens is 130 g/mol. The van der Waals surface area contributed by atoms with Crippen molar-refractivity contribution >= 4 is 0 Å². The summed E-state index contributed by atoms with van der Waals surface area (Å²) in [5, 5.41) is 17.1. The summed E-state index contributed by atoms with van der Waals surface area (Å²) in [6.07, 6.45) is 0.819. The van der Waals surface area contributed by atoms with Crippen molar-refractivity contribution in [2.45, 2.75) is 6.42 Å². The first-order valence-corrected chi connectivity index (χ1v) is 3.58. The zero-order valence-electron chi connectivity index (χ0n) is 6.29. The Morgan fingerprint density at radius 3 is 1.80 bits per heavy atom. The minimum Gasteiger partial charge on any atom is -0.395 e. The summed E-state index contributed by atoms with van der Waals surface area (Å²) in [7, 11) is 0. The average Bonchev–Trinajstić information content (AvgIpc) is 1.90. The molecule has 0 saturated carbocycles. The lowest BCUT2D eigenvalue weighted by Gasteiger charge is -2.18. The number of aliphatic hydroxyl groups excluding tert-OH is 2. The minimum absolute atomic E-state index is 0.153. The highest BCUT2D eigenvalue weighted by Gasteiger charge is 1.99. The van der Waals surface area contributed by atoms with E-state index in [9.17, 15) is 0 Å². The molecule has 0 saturated heterocycles. The highest BCUT2D eigenvalue weighted by molar-refractivity contribution is 4.56.